The van der Waals surface area contributed by atoms with Crippen LogP contribution in [0.1, 0.15) is 39.0 Å². The van der Waals surface area contributed by atoms with Crippen molar-refractivity contribution in [3.05, 3.63) is 0 Å². The third kappa shape index (κ3) is 3.64. The molecular weight excluding hydrogens is 292 g/mol. The Labute approximate surface area is 127 Å². The Hall–Kier alpha value is -0.500. The molecule has 0 N–H and O–H groups in total. The number of carbonyl (C=O) groups excluding carboxylic acids is 1. The molecule has 0 radical (unpaired) electrons. The number of Topliss-reactive ketones (excluding diaryl/α,β-unsaturated/α-hetero) is 1. The molecule has 1 saturated heterocycles. The Morgan fingerprint density at radius 3 is 2.81 bits per heavy atom. The molecule has 0 spiro atoms. The average molecular weight is 318 g/mol. The van der Waals surface area contributed by atoms with E-state index in [1.54, 1.807) is 7.05 Å². The quantitative estimate of drug-likeness (QED) is 0.734. The van der Waals surface area contributed by atoms with E-state index in [1.807, 2.05) is 6.92 Å². The first kappa shape index (κ1) is 16.9. The van der Waals surface area contributed by atoms with Gasteiger partial charge in [0.2, 0.25) is 0 Å². The fourth-order valence-electron chi connectivity index (χ4n) is 3.14. The maximum absolute atomic E-state index is 12.8. The van der Waals surface area contributed by atoms with E-state index in [2.05, 4.69) is 0 Å². The molecule has 0 aromatic rings. The molecule has 1 heterocycles. The number of ketones is 1. The summed E-state index contributed by atoms with van der Waals surface area (Å²) < 4.78 is 33.9. The number of carbonyl (C=O) groups is 1. The van der Waals surface area contributed by atoms with E-state index < -0.39 is 10.2 Å². The molecule has 1 aliphatic heterocycles. The molecule has 2 rings (SSSR count). The maximum Gasteiger partial charge on any atom is 0.282 e. The van der Waals surface area contributed by atoms with Crippen molar-refractivity contribution in [3.8, 4) is 0 Å². The summed E-state index contributed by atoms with van der Waals surface area (Å²) in [6.07, 6.45) is 4.00. The molecule has 6 nitrogen and oxygen atoms in total. The van der Waals surface area contributed by atoms with Crippen LogP contribution >= 0.6 is 0 Å². The van der Waals surface area contributed by atoms with Gasteiger partial charge in [-0.05, 0) is 19.3 Å². The van der Waals surface area contributed by atoms with Crippen molar-refractivity contribution in [2.24, 2.45) is 5.92 Å². The highest BCUT2D eigenvalue weighted by Gasteiger charge is 2.43. The third-order valence-corrected chi connectivity index (χ3v) is 6.46. The van der Waals surface area contributed by atoms with Crippen LogP contribution in [0.25, 0.3) is 0 Å². The minimum atomic E-state index is -3.51. The Bertz CT molecular complexity index is 466. The maximum atomic E-state index is 12.8. The molecule has 21 heavy (non-hydrogen) atoms. The molecule has 0 bridgehead atoms. The van der Waals surface area contributed by atoms with Crippen LogP contribution in [0.5, 0.6) is 0 Å². The second-order valence-electron chi connectivity index (χ2n) is 5.90. The van der Waals surface area contributed by atoms with E-state index in [9.17, 15) is 13.2 Å². The predicted molar refractivity (Wildman–Crippen MR) is 80.1 cm³/mol. The van der Waals surface area contributed by atoms with Crippen LogP contribution in [0.4, 0.5) is 0 Å². The number of unbranched alkanes of at least 4 members (excludes halogenated alkanes) is 1. The van der Waals surface area contributed by atoms with Crippen LogP contribution in [0.15, 0.2) is 0 Å². The second-order valence-corrected chi connectivity index (χ2v) is 7.89. The van der Waals surface area contributed by atoms with Gasteiger partial charge in [0.25, 0.3) is 10.2 Å². The first-order valence-corrected chi connectivity index (χ1v) is 9.21. The Balaban J connectivity index is 2.15. The van der Waals surface area contributed by atoms with Crippen molar-refractivity contribution in [1.29, 1.82) is 0 Å². The number of ether oxygens (including phenoxy) is 1. The van der Waals surface area contributed by atoms with E-state index in [1.165, 1.54) is 8.61 Å². The molecule has 2 fully saturated rings. The zero-order valence-corrected chi connectivity index (χ0v) is 13.8. The van der Waals surface area contributed by atoms with Crippen LogP contribution in [0.3, 0.4) is 0 Å². The van der Waals surface area contributed by atoms with E-state index in [4.69, 9.17) is 4.74 Å². The second kappa shape index (κ2) is 7.17. The van der Waals surface area contributed by atoms with Crippen molar-refractivity contribution < 1.29 is 17.9 Å². The minimum Gasteiger partial charge on any atom is -0.378 e. The molecule has 0 aromatic carbocycles. The highest BCUT2D eigenvalue weighted by Crippen LogP contribution is 2.31. The molecule has 2 unspecified atom stereocenters. The smallest absolute Gasteiger partial charge is 0.282 e. The van der Waals surface area contributed by atoms with Crippen LogP contribution in [-0.4, -0.2) is 62.2 Å². The molecule has 0 amide bonds. The SMILES string of the molecule is CCCCN(C)S(=O)(=O)N1CCOCC1C1CCCC1=O. The van der Waals surface area contributed by atoms with Gasteiger partial charge in [0.15, 0.2) is 0 Å². The van der Waals surface area contributed by atoms with Gasteiger partial charge < -0.3 is 4.74 Å². The lowest BCUT2D eigenvalue weighted by Crippen LogP contribution is -2.56. The van der Waals surface area contributed by atoms with Crippen molar-refractivity contribution in [3.63, 3.8) is 0 Å². The first-order valence-electron chi connectivity index (χ1n) is 7.82. The molecule has 7 heteroatoms. The highest BCUT2D eigenvalue weighted by molar-refractivity contribution is 7.86. The molecule has 2 atom stereocenters. The van der Waals surface area contributed by atoms with Crippen LogP contribution in [0.2, 0.25) is 0 Å². The summed E-state index contributed by atoms with van der Waals surface area (Å²) in [4.78, 5) is 12.0. The minimum absolute atomic E-state index is 0.182. The number of morpholine rings is 1. The summed E-state index contributed by atoms with van der Waals surface area (Å²) >= 11 is 0. The van der Waals surface area contributed by atoms with Crippen LogP contribution in [-0.2, 0) is 19.7 Å². The van der Waals surface area contributed by atoms with Crippen molar-refractivity contribution in [1.82, 2.24) is 8.61 Å². The van der Waals surface area contributed by atoms with Crippen molar-refractivity contribution >= 4 is 16.0 Å². The fraction of sp³-hybridized carbons (Fsp3) is 0.929. The third-order valence-electron chi connectivity index (χ3n) is 4.45. The Morgan fingerprint density at radius 2 is 2.19 bits per heavy atom. The lowest BCUT2D eigenvalue weighted by Gasteiger charge is -2.39. The number of hydrogen-bond donors (Lipinski definition) is 0. The lowest BCUT2D eigenvalue weighted by molar-refractivity contribution is -0.123. The van der Waals surface area contributed by atoms with Gasteiger partial charge in [-0.3, -0.25) is 4.79 Å². The zero-order valence-electron chi connectivity index (χ0n) is 13.0. The number of rotatable bonds is 6. The summed E-state index contributed by atoms with van der Waals surface area (Å²) in [5, 5.41) is 0. The van der Waals surface area contributed by atoms with Crippen molar-refractivity contribution in [2.75, 3.05) is 33.4 Å². The molecule has 122 valence electrons. The van der Waals surface area contributed by atoms with Crippen molar-refractivity contribution in [2.45, 2.75) is 45.1 Å². The predicted octanol–water partition coefficient (Wildman–Crippen LogP) is 1.03. The summed E-state index contributed by atoms with van der Waals surface area (Å²) in [6, 6.07) is -0.331. The number of hydrogen-bond acceptors (Lipinski definition) is 4. The summed E-state index contributed by atoms with van der Waals surface area (Å²) in [7, 11) is -1.89. The number of nitrogens with zero attached hydrogens (tertiary/aromatic N) is 2. The first-order chi connectivity index (χ1) is 9.98. The van der Waals surface area contributed by atoms with Crippen LogP contribution in [0, 0.1) is 5.92 Å². The Morgan fingerprint density at radius 1 is 1.43 bits per heavy atom. The van der Waals surface area contributed by atoms with Gasteiger partial charge in [-0.25, -0.2) is 0 Å². The van der Waals surface area contributed by atoms with Gasteiger partial charge in [-0.2, -0.15) is 17.0 Å². The topological polar surface area (TPSA) is 66.9 Å². The van der Waals surface area contributed by atoms with Gasteiger partial charge in [-0.15, -0.1) is 0 Å². The van der Waals surface area contributed by atoms with E-state index in [0.29, 0.717) is 32.7 Å². The molecule has 2 aliphatic rings. The Kier molecular flexibility index (Phi) is 5.76. The van der Waals surface area contributed by atoms with Gasteiger partial charge in [0, 0.05) is 32.5 Å². The molecule has 1 aliphatic carbocycles. The normalized spacial score (nSPS) is 28.4. The van der Waals surface area contributed by atoms with E-state index >= 15 is 0 Å². The lowest BCUT2D eigenvalue weighted by atomic mass is 9.97. The van der Waals surface area contributed by atoms with Crippen LogP contribution < -0.4 is 0 Å². The summed E-state index contributed by atoms with van der Waals surface area (Å²) in [6.45, 7) is 3.62. The molecule has 0 aromatic heterocycles. The average Bonchev–Trinajstić information content (AvgIpc) is 2.90. The van der Waals surface area contributed by atoms with Gasteiger partial charge in [-0.1, -0.05) is 13.3 Å². The van der Waals surface area contributed by atoms with Gasteiger partial charge >= 0.3 is 0 Å². The monoisotopic (exact) mass is 318 g/mol. The van der Waals surface area contributed by atoms with Gasteiger partial charge in [0.05, 0.1) is 19.3 Å². The fourth-order valence-corrected chi connectivity index (χ4v) is 4.71. The van der Waals surface area contributed by atoms with E-state index in [0.717, 1.165) is 25.7 Å². The van der Waals surface area contributed by atoms with E-state index in [-0.39, 0.29) is 17.7 Å². The standard InChI is InChI=1S/C14H26N2O4S/c1-3-4-8-15(2)21(18,19)16-9-10-20-11-13(16)12-6-5-7-14(12)17/h12-13H,3-11H2,1-2H3. The summed E-state index contributed by atoms with van der Waals surface area (Å²) in [5.41, 5.74) is 0. The molecular formula is C14H26N2O4S. The van der Waals surface area contributed by atoms with Gasteiger partial charge in [0.1, 0.15) is 5.78 Å². The highest BCUT2D eigenvalue weighted by atomic mass is 32.2. The largest absolute Gasteiger partial charge is 0.378 e. The molecule has 1 saturated carbocycles. The summed E-state index contributed by atoms with van der Waals surface area (Å²) in [5.74, 6) is -0.0124. The zero-order chi connectivity index (χ0) is 15.5.